The van der Waals surface area contributed by atoms with E-state index in [1.165, 1.54) is 0 Å². The summed E-state index contributed by atoms with van der Waals surface area (Å²) >= 11 is 0. The van der Waals surface area contributed by atoms with Gasteiger partial charge < -0.3 is 30.0 Å². The number of hydrogen-bond donors (Lipinski definition) is 3. The van der Waals surface area contributed by atoms with Crippen molar-refractivity contribution in [3.63, 3.8) is 0 Å². The average Bonchev–Trinajstić information content (AvgIpc) is 3.06. The van der Waals surface area contributed by atoms with Gasteiger partial charge in [0, 0.05) is 0 Å². The van der Waals surface area contributed by atoms with Gasteiger partial charge in [-0.1, -0.05) is 97.1 Å². The lowest BCUT2D eigenvalue weighted by Crippen LogP contribution is -2.53. The van der Waals surface area contributed by atoms with Crippen LogP contribution in [0, 0.1) is 5.82 Å². The molecule has 0 spiro atoms. The SMILES string of the molecule is O=C(N[C@H](Cc1ccccc1)[C@H](O)C(=O)N[C@@H](C(=O)OCc1ccccc1)c1ccc(F)c(OC(F)(F)F)c1)OCc1ccccc1. The molecule has 0 aromatic heterocycles. The molecular weight excluding hydrogens is 624 g/mol. The summed E-state index contributed by atoms with van der Waals surface area (Å²) in [5, 5.41) is 15.9. The summed E-state index contributed by atoms with van der Waals surface area (Å²) < 4.78 is 67.3. The molecule has 0 saturated carbocycles. The van der Waals surface area contributed by atoms with Crippen molar-refractivity contribution in [1.29, 1.82) is 0 Å². The number of carbonyl (C=O) groups is 3. The van der Waals surface area contributed by atoms with Crippen molar-refractivity contribution in [3.05, 3.63) is 137 Å². The van der Waals surface area contributed by atoms with Crippen LogP contribution in [0.1, 0.15) is 28.3 Å². The molecule has 0 fully saturated rings. The highest BCUT2D eigenvalue weighted by atomic mass is 19.4. The van der Waals surface area contributed by atoms with Gasteiger partial charge in [-0.3, -0.25) is 4.79 Å². The van der Waals surface area contributed by atoms with Crippen molar-refractivity contribution in [1.82, 2.24) is 10.6 Å². The first-order chi connectivity index (χ1) is 22.5. The first-order valence-corrected chi connectivity index (χ1v) is 14.2. The second kappa shape index (κ2) is 16.2. The van der Waals surface area contributed by atoms with Crippen LogP contribution in [0.2, 0.25) is 0 Å². The fourth-order valence-corrected chi connectivity index (χ4v) is 4.43. The summed E-state index contributed by atoms with van der Waals surface area (Å²) in [5.41, 5.74) is 1.54. The van der Waals surface area contributed by atoms with E-state index < -0.39 is 54.1 Å². The number of aliphatic hydroxyl groups excluding tert-OH is 1. The molecule has 3 N–H and O–H groups in total. The zero-order valence-corrected chi connectivity index (χ0v) is 24.7. The van der Waals surface area contributed by atoms with E-state index >= 15 is 0 Å². The molecule has 13 heteroatoms. The minimum atomic E-state index is -5.26. The van der Waals surface area contributed by atoms with Gasteiger partial charge in [0.15, 0.2) is 23.7 Å². The van der Waals surface area contributed by atoms with E-state index in [2.05, 4.69) is 15.4 Å². The molecule has 3 atom stereocenters. The summed E-state index contributed by atoms with van der Waals surface area (Å²) in [5.74, 6) is -4.96. The predicted octanol–water partition coefficient (Wildman–Crippen LogP) is 5.52. The highest BCUT2D eigenvalue weighted by Crippen LogP contribution is 2.29. The van der Waals surface area contributed by atoms with E-state index in [4.69, 9.17) is 9.47 Å². The van der Waals surface area contributed by atoms with Gasteiger partial charge in [0.25, 0.3) is 5.91 Å². The fourth-order valence-electron chi connectivity index (χ4n) is 4.43. The number of benzene rings is 4. The Bertz CT molecular complexity index is 1620. The Kier molecular flexibility index (Phi) is 11.9. The normalized spacial score (nSPS) is 13.0. The van der Waals surface area contributed by atoms with Crippen LogP contribution in [-0.4, -0.2) is 41.6 Å². The van der Waals surface area contributed by atoms with E-state index in [-0.39, 0.29) is 25.2 Å². The summed E-state index contributed by atoms with van der Waals surface area (Å²) in [4.78, 5) is 39.4. The molecule has 0 radical (unpaired) electrons. The van der Waals surface area contributed by atoms with Gasteiger partial charge in [0.2, 0.25) is 0 Å². The van der Waals surface area contributed by atoms with Crippen LogP contribution in [0.4, 0.5) is 22.4 Å². The molecule has 0 aliphatic heterocycles. The zero-order valence-electron chi connectivity index (χ0n) is 24.7. The van der Waals surface area contributed by atoms with Gasteiger partial charge in [0.1, 0.15) is 13.2 Å². The standard InChI is InChI=1S/C34H30F4N2O7/c35-26-17-16-25(19-28(26)47-34(36,37)38)29(32(43)45-20-23-12-6-2-7-13-23)40-31(42)30(41)27(18-22-10-4-1-5-11-22)39-33(44)46-21-24-14-8-3-9-15-24/h1-17,19,27,29-30,41H,18,20-21H2,(H,39,44)(H,40,42)/t27-,29-,30+/m1/s1. The van der Waals surface area contributed by atoms with Crippen LogP contribution in [-0.2, 0) is 38.7 Å². The zero-order chi connectivity index (χ0) is 33.8. The molecule has 4 aromatic carbocycles. The molecule has 0 bridgehead atoms. The number of hydrogen-bond acceptors (Lipinski definition) is 7. The summed E-state index contributed by atoms with van der Waals surface area (Å²) in [6.45, 7) is -0.373. The quantitative estimate of drug-likeness (QED) is 0.128. The number of amides is 2. The van der Waals surface area contributed by atoms with Crippen molar-refractivity contribution >= 4 is 18.0 Å². The lowest BCUT2D eigenvalue weighted by Gasteiger charge is -2.26. The Labute approximate surface area is 267 Å². The number of ether oxygens (including phenoxy) is 3. The van der Waals surface area contributed by atoms with Crippen LogP contribution in [0.15, 0.2) is 109 Å². The highest BCUT2D eigenvalue weighted by molar-refractivity contribution is 5.88. The van der Waals surface area contributed by atoms with Crippen LogP contribution in [0.3, 0.4) is 0 Å². The third-order valence-corrected chi connectivity index (χ3v) is 6.72. The Morgan fingerprint density at radius 3 is 1.81 bits per heavy atom. The Balaban J connectivity index is 1.56. The Hall–Kier alpha value is -5.43. The molecule has 246 valence electrons. The Morgan fingerprint density at radius 1 is 0.723 bits per heavy atom. The third kappa shape index (κ3) is 10.9. The van der Waals surface area contributed by atoms with Crippen molar-refractivity contribution in [2.75, 3.05) is 0 Å². The molecule has 0 heterocycles. The van der Waals surface area contributed by atoms with E-state index in [1.807, 2.05) is 0 Å². The van der Waals surface area contributed by atoms with Crippen LogP contribution in [0.25, 0.3) is 0 Å². The highest BCUT2D eigenvalue weighted by Gasteiger charge is 2.35. The topological polar surface area (TPSA) is 123 Å². The monoisotopic (exact) mass is 654 g/mol. The molecule has 0 aliphatic rings. The molecule has 2 amide bonds. The fraction of sp³-hybridized carbons (Fsp3) is 0.206. The smallest absolute Gasteiger partial charge is 0.459 e. The number of rotatable bonds is 13. The molecule has 0 aliphatic carbocycles. The lowest BCUT2D eigenvalue weighted by molar-refractivity contribution is -0.275. The van der Waals surface area contributed by atoms with Crippen LogP contribution < -0.4 is 15.4 Å². The number of esters is 1. The van der Waals surface area contributed by atoms with Gasteiger partial charge >= 0.3 is 18.4 Å². The second-order valence-corrected chi connectivity index (χ2v) is 10.2. The number of alkyl carbamates (subject to hydrolysis) is 1. The number of carbonyl (C=O) groups excluding carboxylic acids is 3. The molecule has 9 nitrogen and oxygen atoms in total. The second-order valence-electron chi connectivity index (χ2n) is 10.2. The average molecular weight is 655 g/mol. The third-order valence-electron chi connectivity index (χ3n) is 6.72. The van der Waals surface area contributed by atoms with Crippen molar-refractivity contribution in [2.45, 2.75) is 44.2 Å². The van der Waals surface area contributed by atoms with Gasteiger partial charge in [-0.15, -0.1) is 13.2 Å². The summed E-state index contributed by atoms with van der Waals surface area (Å²) in [6.07, 6.45) is -8.27. The molecular formula is C34H30F4N2O7. The minimum absolute atomic E-state index is 0.0564. The number of nitrogens with one attached hydrogen (secondary N) is 2. The molecule has 4 aromatic rings. The first-order valence-electron chi connectivity index (χ1n) is 14.2. The predicted molar refractivity (Wildman–Crippen MR) is 160 cm³/mol. The lowest BCUT2D eigenvalue weighted by atomic mass is 9.99. The molecule has 47 heavy (non-hydrogen) atoms. The molecule has 4 rings (SSSR count). The summed E-state index contributed by atoms with van der Waals surface area (Å²) in [6, 6.07) is 24.8. The number of aliphatic hydroxyl groups is 1. The summed E-state index contributed by atoms with van der Waals surface area (Å²) in [7, 11) is 0. The number of alkyl halides is 3. The van der Waals surface area contributed by atoms with Crippen LogP contribution in [0.5, 0.6) is 5.75 Å². The van der Waals surface area contributed by atoms with Crippen molar-refractivity contribution < 1.29 is 51.3 Å². The maximum Gasteiger partial charge on any atom is 0.573 e. The van der Waals surface area contributed by atoms with E-state index in [9.17, 15) is 37.1 Å². The molecule has 0 unspecified atom stereocenters. The Morgan fingerprint density at radius 2 is 1.26 bits per heavy atom. The van der Waals surface area contributed by atoms with Gasteiger partial charge in [-0.05, 0) is 40.8 Å². The minimum Gasteiger partial charge on any atom is -0.459 e. The van der Waals surface area contributed by atoms with Gasteiger partial charge in [-0.2, -0.15) is 0 Å². The van der Waals surface area contributed by atoms with Crippen LogP contribution >= 0.6 is 0 Å². The van der Waals surface area contributed by atoms with Crippen molar-refractivity contribution in [3.8, 4) is 5.75 Å². The van der Waals surface area contributed by atoms with E-state index in [1.54, 1.807) is 91.0 Å². The number of halogens is 4. The maximum absolute atomic E-state index is 14.2. The first kappa shape index (κ1) is 34.4. The molecule has 0 saturated heterocycles. The largest absolute Gasteiger partial charge is 0.573 e. The van der Waals surface area contributed by atoms with E-state index in [0.29, 0.717) is 28.8 Å². The van der Waals surface area contributed by atoms with Gasteiger partial charge in [0.05, 0.1) is 6.04 Å². The van der Waals surface area contributed by atoms with Gasteiger partial charge in [-0.25, -0.2) is 14.0 Å². The van der Waals surface area contributed by atoms with E-state index in [0.717, 1.165) is 6.07 Å². The van der Waals surface area contributed by atoms with Crippen molar-refractivity contribution in [2.24, 2.45) is 0 Å². The maximum atomic E-state index is 14.2.